The van der Waals surface area contributed by atoms with Crippen LogP contribution in [-0.2, 0) is 4.79 Å². The summed E-state index contributed by atoms with van der Waals surface area (Å²) >= 11 is 0. The molecule has 0 bridgehead atoms. The fraction of sp³-hybridized carbons (Fsp3) is 0.444. The molecule has 6 nitrogen and oxygen atoms in total. The van der Waals surface area contributed by atoms with Gasteiger partial charge in [0.05, 0.1) is 12.5 Å². The molecular formula is C9H13N3O3. The van der Waals surface area contributed by atoms with E-state index in [0.717, 1.165) is 0 Å². The molecule has 0 aromatic carbocycles. The molecule has 0 fully saturated rings. The number of hydrogen-bond acceptors (Lipinski definition) is 3. The molecule has 0 radical (unpaired) electrons. The maximum Gasteiger partial charge on any atom is 0.326 e. The van der Waals surface area contributed by atoms with E-state index in [1.807, 2.05) is 6.92 Å². The zero-order valence-corrected chi connectivity index (χ0v) is 8.36. The van der Waals surface area contributed by atoms with Crippen LogP contribution in [0.5, 0.6) is 0 Å². The van der Waals surface area contributed by atoms with E-state index >= 15 is 0 Å². The summed E-state index contributed by atoms with van der Waals surface area (Å²) < 4.78 is 0. The summed E-state index contributed by atoms with van der Waals surface area (Å²) in [5.41, 5.74) is 0.261. The number of aliphatic carboxylic acids is 1. The molecule has 6 heteroatoms. The number of rotatable bonds is 5. The highest BCUT2D eigenvalue weighted by atomic mass is 16.4. The van der Waals surface area contributed by atoms with Crippen LogP contribution in [0.25, 0.3) is 0 Å². The predicted octanol–water partition coefficient (Wildman–Crippen LogP) is 0.393. The van der Waals surface area contributed by atoms with Gasteiger partial charge in [-0.1, -0.05) is 13.3 Å². The maximum atomic E-state index is 11.4. The summed E-state index contributed by atoms with van der Waals surface area (Å²) in [5, 5.41) is 11.2. The fourth-order valence-electron chi connectivity index (χ4n) is 1.16. The van der Waals surface area contributed by atoms with Gasteiger partial charge < -0.3 is 15.4 Å². The van der Waals surface area contributed by atoms with Crippen molar-refractivity contribution in [1.29, 1.82) is 0 Å². The molecule has 0 unspecified atom stereocenters. The van der Waals surface area contributed by atoms with Crippen molar-refractivity contribution in [3.8, 4) is 0 Å². The minimum absolute atomic E-state index is 0.261. The highest BCUT2D eigenvalue weighted by molar-refractivity contribution is 5.94. The second-order valence-electron chi connectivity index (χ2n) is 3.12. The average molecular weight is 211 g/mol. The van der Waals surface area contributed by atoms with E-state index in [1.54, 1.807) is 0 Å². The maximum absolute atomic E-state index is 11.4. The molecule has 0 aliphatic carbocycles. The highest BCUT2D eigenvalue weighted by Gasteiger charge is 2.19. The second-order valence-corrected chi connectivity index (χ2v) is 3.12. The molecule has 15 heavy (non-hydrogen) atoms. The minimum atomic E-state index is -1.02. The lowest BCUT2D eigenvalue weighted by Gasteiger charge is -2.12. The average Bonchev–Trinajstić information content (AvgIpc) is 2.69. The number of nitrogens with one attached hydrogen (secondary N) is 2. The first-order chi connectivity index (χ1) is 7.15. The molecule has 1 aromatic rings. The van der Waals surface area contributed by atoms with Gasteiger partial charge in [0, 0.05) is 0 Å². The summed E-state index contributed by atoms with van der Waals surface area (Å²) in [5.74, 6) is -1.47. The van der Waals surface area contributed by atoms with Crippen LogP contribution in [0.3, 0.4) is 0 Å². The molecule has 0 spiro atoms. The number of amides is 1. The van der Waals surface area contributed by atoms with E-state index in [1.165, 1.54) is 12.5 Å². The van der Waals surface area contributed by atoms with E-state index < -0.39 is 17.9 Å². The molecule has 1 rings (SSSR count). The van der Waals surface area contributed by atoms with Crippen molar-refractivity contribution >= 4 is 11.9 Å². The Labute approximate surface area is 86.7 Å². The van der Waals surface area contributed by atoms with E-state index in [0.29, 0.717) is 12.8 Å². The Bertz CT molecular complexity index is 334. The monoisotopic (exact) mass is 211 g/mol. The third-order valence-corrected chi connectivity index (χ3v) is 1.92. The molecule has 0 saturated carbocycles. The molecule has 1 aromatic heterocycles. The molecular weight excluding hydrogens is 198 g/mol. The van der Waals surface area contributed by atoms with Gasteiger partial charge in [-0.15, -0.1) is 0 Å². The Morgan fingerprint density at radius 2 is 2.40 bits per heavy atom. The third kappa shape index (κ3) is 3.08. The van der Waals surface area contributed by atoms with Gasteiger partial charge in [-0.2, -0.15) is 0 Å². The number of carbonyl (C=O) groups is 2. The Morgan fingerprint density at radius 3 is 2.87 bits per heavy atom. The van der Waals surface area contributed by atoms with Crippen molar-refractivity contribution in [1.82, 2.24) is 15.3 Å². The Morgan fingerprint density at radius 1 is 1.67 bits per heavy atom. The Balaban J connectivity index is 2.59. The Kier molecular flexibility index (Phi) is 3.84. The van der Waals surface area contributed by atoms with Crippen molar-refractivity contribution in [2.45, 2.75) is 25.8 Å². The molecule has 1 atom stereocenters. The zero-order chi connectivity index (χ0) is 11.3. The lowest BCUT2D eigenvalue weighted by atomic mass is 10.1. The summed E-state index contributed by atoms with van der Waals surface area (Å²) in [6.45, 7) is 1.86. The molecule has 0 aliphatic rings. The number of imidazole rings is 1. The van der Waals surface area contributed by atoms with Crippen molar-refractivity contribution < 1.29 is 14.7 Å². The van der Waals surface area contributed by atoms with Crippen molar-refractivity contribution in [2.24, 2.45) is 0 Å². The first kappa shape index (κ1) is 11.2. The SMILES string of the molecule is CCC[C@H](NC(=O)c1cnc[nH]1)C(=O)O. The van der Waals surface area contributed by atoms with Crippen LogP contribution in [0.4, 0.5) is 0 Å². The van der Waals surface area contributed by atoms with Gasteiger partial charge in [-0.05, 0) is 6.42 Å². The van der Waals surface area contributed by atoms with Crippen molar-refractivity contribution in [2.75, 3.05) is 0 Å². The van der Waals surface area contributed by atoms with Crippen molar-refractivity contribution in [3.05, 3.63) is 18.2 Å². The van der Waals surface area contributed by atoms with E-state index in [4.69, 9.17) is 5.11 Å². The number of hydrogen-bond donors (Lipinski definition) is 3. The standard InChI is InChI=1S/C9H13N3O3/c1-2-3-6(9(14)15)12-8(13)7-4-10-5-11-7/h4-6H,2-3H2,1H3,(H,10,11)(H,12,13)(H,14,15)/t6-/m0/s1. The van der Waals surface area contributed by atoms with Crippen LogP contribution in [0.1, 0.15) is 30.3 Å². The van der Waals surface area contributed by atoms with Crippen LogP contribution in [0, 0.1) is 0 Å². The number of aromatic amines is 1. The minimum Gasteiger partial charge on any atom is -0.480 e. The predicted molar refractivity (Wildman–Crippen MR) is 52.4 cm³/mol. The summed E-state index contributed by atoms with van der Waals surface area (Å²) in [4.78, 5) is 28.5. The van der Waals surface area contributed by atoms with E-state index in [-0.39, 0.29) is 5.69 Å². The quantitative estimate of drug-likeness (QED) is 0.656. The molecule has 1 heterocycles. The topological polar surface area (TPSA) is 95.1 Å². The van der Waals surface area contributed by atoms with Crippen molar-refractivity contribution in [3.63, 3.8) is 0 Å². The van der Waals surface area contributed by atoms with Crippen LogP contribution in [-0.4, -0.2) is 33.0 Å². The number of carbonyl (C=O) groups excluding carboxylic acids is 1. The van der Waals surface area contributed by atoms with Gasteiger partial charge in [0.15, 0.2) is 0 Å². The van der Waals surface area contributed by atoms with Gasteiger partial charge >= 0.3 is 5.97 Å². The zero-order valence-electron chi connectivity index (χ0n) is 8.36. The molecule has 0 saturated heterocycles. The number of aromatic nitrogens is 2. The number of carboxylic acid groups (broad SMARTS) is 1. The lowest BCUT2D eigenvalue weighted by molar-refractivity contribution is -0.139. The third-order valence-electron chi connectivity index (χ3n) is 1.92. The first-order valence-electron chi connectivity index (χ1n) is 4.67. The first-order valence-corrected chi connectivity index (χ1v) is 4.67. The van der Waals surface area contributed by atoms with Gasteiger partial charge in [0.25, 0.3) is 5.91 Å². The smallest absolute Gasteiger partial charge is 0.326 e. The van der Waals surface area contributed by atoms with E-state index in [2.05, 4.69) is 15.3 Å². The highest BCUT2D eigenvalue weighted by Crippen LogP contribution is 1.99. The van der Waals surface area contributed by atoms with Crippen LogP contribution >= 0.6 is 0 Å². The van der Waals surface area contributed by atoms with Gasteiger partial charge in [-0.3, -0.25) is 4.79 Å². The largest absolute Gasteiger partial charge is 0.480 e. The second kappa shape index (κ2) is 5.14. The van der Waals surface area contributed by atoms with Gasteiger partial charge in [0.2, 0.25) is 0 Å². The molecule has 0 aliphatic heterocycles. The van der Waals surface area contributed by atoms with Crippen LogP contribution in [0.15, 0.2) is 12.5 Å². The normalized spacial score (nSPS) is 12.1. The van der Waals surface area contributed by atoms with E-state index in [9.17, 15) is 9.59 Å². The van der Waals surface area contributed by atoms with Gasteiger partial charge in [0.1, 0.15) is 11.7 Å². The number of carboxylic acids is 1. The molecule has 1 amide bonds. The molecule has 3 N–H and O–H groups in total. The lowest BCUT2D eigenvalue weighted by Crippen LogP contribution is -2.40. The summed E-state index contributed by atoms with van der Waals surface area (Å²) in [7, 11) is 0. The van der Waals surface area contributed by atoms with Gasteiger partial charge in [-0.25, -0.2) is 9.78 Å². The Hall–Kier alpha value is -1.85. The number of H-pyrrole nitrogens is 1. The summed E-state index contributed by atoms with van der Waals surface area (Å²) in [6.07, 6.45) is 3.82. The van der Waals surface area contributed by atoms with Crippen LogP contribution in [0.2, 0.25) is 0 Å². The van der Waals surface area contributed by atoms with Crippen LogP contribution < -0.4 is 5.32 Å². The summed E-state index contributed by atoms with van der Waals surface area (Å²) in [6, 6.07) is -0.842. The molecule has 82 valence electrons. The number of nitrogens with zero attached hydrogens (tertiary/aromatic N) is 1. The fourth-order valence-corrected chi connectivity index (χ4v) is 1.16.